The number of rotatable bonds is 5. The topological polar surface area (TPSA) is 69.9 Å². The summed E-state index contributed by atoms with van der Waals surface area (Å²) < 4.78 is 6.55. The Bertz CT molecular complexity index is 964. The molecule has 3 rings (SSSR count). The van der Waals surface area contributed by atoms with Gasteiger partial charge in [0, 0.05) is 18.0 Å². The van der Waals surface area contributed by atoms with Crippen molar-refractivity contribution in [3.63, 3.8) is 0 Å². The number of halogens is 1. The van der Waals surface area contributed by atoms with E-state index in [1.165, 1.54) is 4.68 Å². The van der Waals surface area contributed by atoms with Crippen molar-refractivity contribution >= 4 is 11.6 Å². The van der Waals surface area contributed by atoms with Crippen molar-refractivity contribution in [2.24, 2.45) is 5.92 Å². The average molecular weight is 385 g/mol. The molecule has 0 bridgehead atoms. The zero-order valence-electron chi connectivity index (χ0n) is 15.4. The van der Waals surface area contributed by atoms with E-state index in [9.17, 15) is 4.79 Å². The molecule has 0 fully saturated rings. The Labute approximate surface area is 162 Å². The predicted octanol–water partition coefficient (Wildman–Crippen LogP) is 3.36. The Morgan fingerprint density at radius 3 is 2.78 bits per heavy atom. The van der Waals surface area contributed by atoms with Crippen LogP contribution in [0.25, 0.3) is 5.95 Å². The molecule has 2 aromatic rings. The molecule has 1 aliphatic rings. The Balaban J connectivity index is 1.94. The molecule has 0 N–H and O–H groups in total. The largest absolute Gasteiger partial charge is 0.495 e. The number of hydrogen-bond donors (Lipinski definition) is 0. The van der Waals surface area contributed by atoms with Gasteiger partial charge in [0.1, 0.15) is 5.76 Å². The van der Waals surface area contributed by atoms with Crippen LogP contribution in [0.2, 0.25) is 0 Å². The molecule has 140 valence electrons. The van der Waals surface area contributed by atoms with Crippen LogP contribution < -0.4 is 5.56 Å². The lowest BCUT2D eigenvalue weighted by Gasteiger charge is -2.26. The standard InChI is InChI=1S/C20H21ClN4O2/c1-4-15(18(21)17(5-2)27-3)13-7-8-16-14(11-13)12-24-25(19(16)26)20-22-9-6-10-23-20/h4-6,9-10,12-13H,2,7-8,11H2,1,3H3/b15-4-,18-17-. The summed E-state index contributed by atoms with van der Waals surface area (Å²) in [5.41, 5.74) is 2.53. The van der Waals surface area contributed by atoms with Gasteiger partial charge in [-0.3, -0.25) is 4.79 Å². The first-order valence-electron chi connectivity index (χ1n) is 8.71. The lowest BCUT2D eigenvalue weighted by molar-refractivity contribution is 0.304. The van der Waals surface area contributed by atoms with E-state index in [0.29, 0.717) is 23.6 Å². The molecule has 0 saturated heterocycles. The highest BCUT2D eigenvalue weighted by molar-refractivity contribution is 6.32. The molecule has 2 heterocycles. The summed E-state index contributed by atoms with van der Waals surface area (Å²) in [6, 6.07) is 1.70. The van der Waals surface area contributed by atoms with Crippen LogP contribution >= 0.6 is 11.6 Å². The van der Waals surface area contributed by atoms with Gasteiger partial charge >= 0.3 is 0 Å². The average Bonchev–Trinajstić information content (AvgIpc) is 2.70. The van der Waals surface area contributed by atoms with Gasteiger partial charge in [-0.05, 0) is 55.4 Å². The van der Waals surface area contributed by atoms with Crippen LogP contribution in [0.3, 0.4) is 0 Å². The molecule has 0 aromatic carbocycles. The summed E-state index contributed by atoms with van der Waals surface area (Å²) in [5, 5.41) is 4.83. The molecular weight excluding hydrogens is 364 g/mol. The lowest BCUT2D eigenvalue weighted by Crippen LogP contribution is -2.31. The maximum Gasteiger partial charge on any atom is 0.277 e. The van der Waals surface area contributed by atoms with Crippen molar-refractivity contribution in [2.75, 3.05) is 7.11 Å². The summed E-state index contributed by atoms with van der Waals surface area (Å²) >= 11 is 6.53. The minimum absolute atomic E-state index is 0.163. The van der Waals surface area contributed by atoms with Gasteiger partial charge < -0.3 is 4.74 Å². The van der Waals surface area contributed by atoms with Crippen LogP contribution in [-0.4, -0.2) is 26.9 Å². The van der Waals surface area contributed by atoms with Gasteiger partial charge in [0.2, 0.25) is 0 Å². The molecule has 0 amide bonds. The Morgan fingerprint density at radius 2 is 2.15 bits per heavy atom. The summed E-state index contributed by atoms with van der Waals surface area (Å²) in [6.45, 7) is 5.69. The maximum atomic E-state index is 12.8. The van der Waals surface area contributed by atoms with Crippen LogP contribution in [0.1, 0.15) is 24.5 Å². The van der Waals surface area contributed by atoms with Crippen LogP contribution in [0.4, 0.5) is 0 Å². The summed E-state index contributed by atoms with van der Waals surface area (Å²) in [4.78, 5) is 21.1. The quantitative estimate of drug-likeness (QED) is 0.584. The van der Waals surface area contributed by atoms with Crippen LogP contribution in [0.15, 0.2) is 64.5 Å². The van der Waals surface area contributed by atoms with Gasteiger partial charge in [-0.1, -0.05) is 24.3 Å². The molecule has 0 aliphatic heterocycles. The van der Waals surface area contributed by atoms with E-state index in [2.05, 4.69) is 21.6 Å². The predicted molar refractivity (Wildman–Crippen MR) is 105 cm³/mol. The smallest absolute Gasteiger partial charge is 0.277 e. The lowest BCUT2D eigenvalue weighted by atomic mass is 9.80. The van der Waals surface area contributed by atoms with Gasteiger partial charge in [0.25, 0.3) is 11.5 Å². The van der Waals surface area contributed by atoms with Gasteiger partial charge in [0.05, 0.1) is 18.3 Å². The molecule has 1 unspecified atom stereocenters. The zero-order chi connectivity index (χ0) is 19.4. The minimum atomic E-state index is -0.163. The number of ether oxygens (including phenoxy) is 1. The fraction of sp³-hybridized carbons (Fsp3) is 0.300. The van der Waals surface area contributed by atoms with Crippen molar-refractivity contribution < 1.29 is 4.74 Å². The van der Waals surface area contributed by atoms with Crippen LogP contribution in [-0.2, 0) is 17.6 Å². The summed E-state index contributed by atoms with van der Waals surface area (Å²) in [5.74, 6) is 1.01. The van der Waals surface area contributed by atoms with E-state index in [4.69, 9.17) is 16.3 Å². The molecule has 6 nitrogen and oxygen atoms in total. The number of hydrogen-bond acceptors (Lipinski definition) is 5. The number of allylic oxidation sites excluding steroid dienone is 4. The highest BCUT2D eigenvalue weighted by Gasteiger charge is 2.27. The third-order valence-electron chi connectivity index (χ3n) is 4.74. The first-order valence-corrected chi connectivity index (χ1v) is 9.08. The Morgan fingerprint density at radius 1 is 1.41 bits per heavy atom. The number of nitrogens with zero attached hydrogens (tertiary/aromatic N) is 4. The van der Waals surface area contributed by atoms with E-state index < -0.39 is 0 Å². The third-order valence-corrected chi connectivity index (χ3v) is 5.15. The Kier molecular flexibility index (Phi) is 5.86. The van der Waals surface area contributed by atoms with Crippen molar-refractivity contribution in [3.8, 4) is 5.95 Å². The molecule has 0 saturated carbocycles. The van der Waals surface area contributed by atoms with Gasteiger partial charge in [-0.15, -0.1) is 0 Å². The SMILES string of the molecule is C=C/C(OC)=C(Cl)\C(=C/C)C1CCc2c(cnn(-c3ncccn3)c2=O)C1. The highest BCUT2D eigenvalue weighted by Crippen LogP contribution is 2.35. The number of methoxy groups -OCH3 is 1. The third kappa shape index (κ3) is 3.71. The second-order valence-corrected chi connectivity index (χ2v) is 6.56. The van der Waals surface area contributed by atoms with Gasteiger partial charge in [0.15, 0.2) is 0 Å². The van der Waals surface area contributed by atoms with E-state index in [-0.39, 0.29) is 17.4 Å². The molecule has 0 spiro atoms. The first-order chi connectivity index (χ1) is 13.1. The fourth-order valence-electron chi connectivity index (χ4n) is 3.41. The van der Waals surface area contributed by atoms with Crippen molar-refractivity contribution in [3.05, 3.63) is 81.2 Å². The second kappa shape index (κ2) is 8.31. The van der Waals surface area contributed by atoms with E-state index in [1.54, 1.807) is 37.8 Å². The van der Waals surface area contributed by atoms with Crippen LogP contribution in [0, 0.1) is 5.92 Å². The van der Waals surface area contributed by atoms with Gasteiger partial charge in [-0.2, -0.15) is 9.78 Å². The molecular formula is C20H21ClN4O2. The first kappa shape index (κ1) is 19.0. The Hall–Kier alpha value is -2.73. The highest BCUT2D eigenvalue weighted by atomic mass is 35.5. The molecule has 2 aromatic heterocycles. The number of aromatic nitrogens is 4. The molecule has 1 atom stereocenters. The van der Waals surface area contributed by atoms with Gasteiger partial charge in [-0.25, -0.2) is 9.97 Å². The van der Waals surface area contributed by atoms with E-state index >= 15 is 0 Å². The zero-order valence-corrected chi connectivity index (χ0v) is 16.1. The molecule has 7 heteroatoms. The molecule has 0 radical (unpaired) electrons. The van der Waals surface area contributed by atoms with Crippen molar-refractivity contribution in [1.82, 2.24) is 19.7 Å². The summed E-state index contributed by atoms with van der Waals surface area (Å²) in [7, 11) is 1.57. The molecule has 27 heavy (non-hydrogen) atoms. The monoisotopic (exact) mass is 384 g/mol. The van der Waals surface area contributed by atoms with E-state index in [0.717, 1.165) is 23.1 Å². The molecule has 1 aliphatic carbocycles. The summed E-state index contributed by atoms with van der Waals surface area (Å²) in [6.07, 6.45) is 10.7. The van der Waals surface area contributed by atoms with Crippen molar-refractivity contribution in [2.45, 2.75) is 26.2 Å². The van der Waals surface area contributed by atoms with Crippen LogP contribution in [0.5, 0.6) is 0 Å². The second-order valence-electron chi connectivity index (χ2n) is 6.18. The number of fused-ring (bicyclic) bond motifs is 1. The maximum absolute atomic E-state index is 12.8. The normalized spacial score (nSPS) is 17.7. The minimum Gasteiger partial charge on any atom is -0.495 e. The fourth-order valence-corrected chi connectivity index (χ4v) is 3.83. The van der Waals surface area contributed by atoms with E-state index in [1.807, 2.05) is 13.0 Å². The van der Waals surface area contributed by atoms with Crippen molar-refractivity contribution in [1.29, 1.82) is 0 Å².